The van der Waals surface area contributed by atoms with E-state index in [9.17, 15) is 14.9 Å². The molecule has 124 valence electrons. The topological polar surface area (TPSA) is 103 Å². The second-order valence-electron chi connectivity index (χ2n) is 4.61. The van der Waals surface area contributed by atoms with Crippen molar-refractivity contribution in [1.29, 1.82) is 0 Å². The molecule has 1 amide bonds. The fourth-order valence-electron chi connectivity index (χ4n) is 1.74. The van der Waals surface area contributed by atoms with Crippen molar-refractivity contribution in [1.82, 2.24) is 5.43 Å². The van der Waals surface area contributed by atoms with Crippen molar-refractivity contribution in [2.45, 2.75) is 0 Å². The number of non-ortho nitro benzene ring substituents is 1. The number of amides is 1. The molecule has 0 unspecified atom stereocenters. The molecule has 2 aromatic rings. The van der Waals surface area contributed by atoms with Crippen LogP contribution in [-0.2, 0) is 4.79 Å². The van der Waals surface area contributed by atoms with Crippen molar-refractivity contribution >= 4 is 17.8 Å². The van der Waals surface area contributed by atoms with Crippen molar-refractivity contribution < 1.29 is 19.2 Å². The van der Waals surface area contributed by atoms with E-state index in [4.69, 9.17) is 9.47 Å². The maximum atomic E-state index is 11.6. The predicted octanol–water partition coefficient (Wildman–Crippen LogP) is 2.13. The van der Waals surface area contributed by atoms with Gasteiger partial charge in [0, 0.05) is 6.07 Å². The lowest BCUT2D eigenvalue weighted by molar-refractivity contribution is -0.384. The highest BCUT2D eigenvalue weighted by molar-refractivity contribution is 5.83. The molecule has 0 aliphatic heterocycles. The van der Waals surface area contributed by atoms with E-state index in [-0.39, 0.29) is 18.0 Å². The van der Waals surface area contributed by atoms with Gasteiger partial charge >= 0.3 is 0 Å². The molecule has 0 fully saturated rings. The van der Waals surface area contributed by atoms with Gasteiger partial charge in [-0.3, -0.25) is 14.9 Å². The molecule has 0 radical (unpaired) electrons. The Bertz CT molecular complexity index is 744. The van der Waals surface area contributed by atoms with Gasteiger partial charge in [-0.2, -0.15) is 5.10 Å². The SMILES string of the molecule is COc1ccc(/C=N\NC(=O)COc2cccc([N+](=O)[O-])c2)cc1. The molecular formula is C16H15N3O5. The van der Waals surface area contributed by atoms with Crippen LogP contribution in [0.2, 0.25) is 0 Å². The number of ether oxygens (including phenoxy) is 2. The summed E-state index contributed by atoms with van der Waals surface area (Å²) < 4.78 is 10.2. The van der Waals surface area contributed by atoms with Gasteiger partial charge in [0.1, 0.15) is 11.5 Å². The summed E-state index contributed by atoms with van der Waals surface area (Å²) in [5, 5.41) is 14.5. The number of hydrogen-bond acceptors (Lipinski definition) is 6. The Morgan fingerprint density at radius 3 is 2.67 bits per heavy atom. The molecule has 8 nitrogen and oxygen atoms in total. The summed E-state index contributed by atoms with van der Waals surface area (Å²) in [4.78, 5) is 21.7. The molecule has 0 saturated carbocycles. The van der Waals surface area contributed by atoms with Crippen LogP contribution in [0.1, 0.15) is 5.56 Å². The first-order valence-corrected chi connectivity index (χ1v) is 6.91. The van der Waals surface area contributed by atoms with Gasteiger partial charge in [0.05, 0.1) is 24.3 Å². The summed E-state index contributed by atoms with van der Waals surface area (Å²) >= 11 is 0. The van der Waals surface area contributed by atoms with Crippen molar-refractivity contribution in [3.8, 4) is 11.5 Å². The van der Waals surface area contributed by atoms with Crippen LogP contribution in [0.5, 0.6) is 11.5 Å². The van der Waals surface area contributed by atoms with E-state index in [1.165, 1.54) is 30.5 Å². The fraction of sp³-hybridized carbons (Fsp3) is 0.125. The van der Waals surface area contributed by atoms with E-state index in [1.807, 2.05) is 0 Å². The first-order chi connectivity index (χ1) is 11.6. The number of nitro benzene ring substituents is 1. The Balaban J connectivity index is 1.81. The van der Waals surface area contributed by atoms with Gasteiger partial charge in [0.2, 0.25) is 0 Å². The summed E-state index contributed by atoms with van der Waals surface area (Å²) in [6.07, 6.45) is 1.48. The molecule has 1 N–H and O–H groups in total. The average molecular weight is 329 g/mol. The number of nitro groups is 1. The molecule has 2 rings (SSSR count). The third kappa shape index (κ3) is 5.09. The van der Waals surface area contributed by atoms with Gasteiger partial charge in [0.25, 0.3) is 11.6 Å². The second-order valence-corrected chi connectivity index (χ2v) is 4.61. The van der Waals surface area contributed by atoms with E-state index < -0.39 is 10.8 Å². The zero-order chi connectivity index (χ0) is 17.4. The van der Waals surface area contributed by atoms with Gasteiger partial charge in [-0.1, -0.05) is 6.07 Å². The summed E-state index contributed by atoms with van der Waals surface area (Å²) in [5.41, 5.74) is 2.99. The highest BCUT2D eigenvalue weighted by atomic mass is 16.6. The minimum Gasteiger partial charge on any atom is -0.497 e. The number of rotatable bonds is 7. The number of benzene rings is 2. The third-order valence-electron chi connectivity index (χ3n) is 2.92. The van der Waals surface area contributed by atoms with Crippen molar-refractivity contribution in [2.75, 3.05) is 13.7 Å². The molecule has 0 heterocycles. The Morgan fingerprint density at radius 2 is 2.00 bits per heavy atom. The number of hydrazone groups is 1. The Hall–Kier alpha value is -3.42. The van der Waals surface area contributed by atoms with Crippen LogP contribution in [0, 0.1) is 10.1 Å². The lowest BCUT2D eigenvalue weighted by atomic mass is 10.2. The maximum absolute atomic E-state index is 11.6. The maximum Gasteiger partial charge on any atom is 0.277 e. The Morgan fingerprint density at radius 1 is 1.25 bits per heavy atom. The number of methoxy groups -OCH3 is 1. The highest BCUT2D eigenvalue weighted by Gasteiger charge is 2.07. The number of nitrogens with one attached hydrogen (secondary N) is 1. The molecule has 8 heteroatoms. The summed E-state index contributed by atoms with van der Waals surface area (Å²) in [6.45, 7) is -0.304. The normalized spacial score (nSPS) is 10.4. The standard InChI is InChI=1S/C16H15N3O5/c1-23-14-7-5-12(6-8-14)10-17-18-16(20)11-24-15-4-2-3-13(9-15)19(21)22/h2-10H,11H2,1H3,(H,18,20)/b17-10-. The van der Waals surface area contributed by atoms with Crippen LogP contribution < -0.4 is 14.9 Å². The van der Waals surface area contributed by atoms with Gasteiger partial charge in [0.15, 0.2) is 6.61 Å². The zero-order valence-electron chi connectivity index (χ0n) is 12.8. The molecule has 0 aliphatic carbocycles. The number of carbonyl (C=O) groups excluding carboxylic acids is 1. The van der Waals surface area contributed by atoms with Crippen molar-refractivity contribution in [3.63, 3.8) is 0 Å². The Kier molecular flexibility index (Phi) is 5.84. The first kappa shape index (κ1) is 16.9. The van der Waals surface area contributed by atoms with Gasteiger partial charge < -0.3 is 9.47 Å². The lowest BCUT2D eigenvalue weighted by Crippen LogP contribution is -2.24. The van der Waals surface area contributed by atoms with Crippen molar-refractivity contribution in [3.05, 3.63) is 64.2 Å². The van der Waals surface area contributed by atoms with Gasteiger partial charge in [-0.15, -0.1) is 0 Å². The zero-order valence-corrected chi connectivity index (χ0v) is 12.8. The summed E-state index contributed by atoms with van der Waals surface area (Å²) in [7, 11) is 1.57. The molecule has 0 spiro atoms. The van der Waals surface area contributed by atoms with Crippen LogP contribution >= 0.6 is 0 Å². The van der Waals surface area contributed by atoms with E-state index >= 15 is 0 Å². The number of hydrogen-bond donors (Lipinski definition) is 1. The van der Waals surface area contributed by atoms with E-state index in [0.717, 1.165) is 11.3 Å². The fourth-order valence-corrected chi connectivity index (χ4v) is 1.74. The molecule has 0 bridgehead atoms. The van der Waals surface area contributed by atoms with E-state index in [1.54, 1.807) is 31.4 Å². The van der Waals surface area contributed by atoms with Gasteiger partial charge in [-0.05, 0) is 35.9 Å². The second kappa shape index (κ2) is 8.28. The minimum absolute atomic E-state index is 0.106. The highest BCUT2D eigenvalue weighted by Crippen LogP contribution is 2.18. The molecule has 0 aliphatic rings. The largest absolute Gasteiger partial charge is 0.497 e. The Labute approximate surface area is 137 Å². The van der Waals surface area contributed by atoms with Crippen LogP contribution in [0.4, 0.5) is 5.69 Å². The third-order valence-corrected chi connectivity index (χ3v) is 2.92. The monoisotopic (exact) mass is 329 g/mol. The molecular weight excluding hydrogens is 314 g/mol. The quantitative estimate of drug-likeness (QED) is 0.476. The molecule has 0 atom stereocenters. The first-order valence-electron chi connectivity index (χ1n) is 6.91. The molecule has 24 heavy (non-hydrogen) atoms. The molecule has 2 aromatic carbocycles. The van der Waals surface area contributed by atoms with E-state index in [0.29, 0.717) is 0 Å². The van der Waals surface area contributed by atoms with Crippen LogP contribution in [0.15, 0.2) is 53.6 Å². The van der Waals surface area contributed by atoms with Crippen LogP contribution in [0.3, 0.4) is 0 Å². The lowest BCUT2D eigenvalue weighted by Gasteiger charge is -2.04. The van der Waals surface area contributed by atoms with Crippen LogP contribution in [0.25, 0.3) is 0 Å². The molecule has 0 saturated heterocycles. The molecule has 0 aromatic heterocycles. The summed E-state index contributed by atoms with van der Waals surface area (Å²) in [5.74, 6) is 0.478. The van der Waals surface area contributed by atoms with Crippen molar-refractivity contribution in [2.24, 2.45) is 5.10 Å². The van der Waals surface area contributed by atoms with Crippen LogP contribution in [-0.4, -0.2) is 30.8 Å². The predicted molar refractivity (Wildman–Crippen MR) is 87.3 cm³/mol. The van der Waals surface area contributed by atoms with Gasteiger partial charge in [-0.25, -0.2) is 5.43 Å². The number of nitrogens with zero attached hydrogens (tertiary/aromatic N) is 2. The average Bonchev–Trinajstić information content (AvgIpc) is 2.61. The summed E-state index contributed by atoms with van der Waals surface area (Å²) in [6, 6.07) is 12.7. The van der Waals surface area contributed by atoms with E-state index in [2.05, 4.69) is 10.5 Å². The minimum atomic E-state index is -0.536. The smallest absolute Gasteiger partial charge is 0.277 e. The number of carbonyl (C=O) groups is 1.